The van der Waals surface area contributed by atoms with Crippen LogP contribution >= 0.6 is 0 Å². The topological polar surface area (TPSA) is 20.3 Å². The van der Waals surface area contributed by atoms with E-state index in [9.17, 15) is 4.79 Å². The molecule has 0 aromatic heterocycles. The molecule has 0 bridgehead atoms. The van der Waals surface area contributed by atoms with Crippen molar-refractivity contribution in [2.45, 2.75) is 52.4 Å². The quantitative estimate of drug-likeness (QED) is 0.678. The molecule has 1 amide bonds. The average molecular weight is 197 g/mol. The van der Waals surface area contributed by atoms with Crippen LogP contribution < -0.4 is 0 Å². The summed E-state index contributed by atoms with van der Waals surface area (Å²) in [5.74, 6) is 0.754. The van der Waals surface area contributed by atoms with E-state index in [0.29, 0.717) is 11.8 Å². The smallest absolute Gasteiger partial charge is 0.225 e. The lowest BCUT2D eigenvalue weighted by atomic mass is 9.88. The molecule has 0 N–H and O–H groups in total. The first-order valence-corrected chi connectivity index (χ1v) is 6.08. The summed E-state index contributed by atoms with van der Waals surface area (Å²) >= 11 is 0. The van der Waals surface area contributed by atoms with Crippen LogP contribution in [0.5, 0.6) is 0 Å². The van der Waals surface area contributed by atoms with Crippen LogP contribution in [0.4, 0.5) is 0 Å². The van der Waals surface area contributed by atoms with Gasteiger partial charge in [-0.25, -0.2) is 0 Å². The lowest BCUT2D eigenvalue weighted by Gasteiger charge is -2.28. The zero-order valence-electron chi connectivity index (χ0n) is 9.59. The van der Waals surface area contributed by atoms with Gasteiger partial charge in [0, 0.05) is 19.0 Å². The zero-order chi connectivity index (χ0) is 10.4. The number of carbonyl (C=O) groups is 1. The van der Waals surface area contributed by atoms with Gasteiger partial charge in [-0.05, 0) is 26.2 Å². The molecule has 0 aromatic rings. The Morgan fingerprint density at radius 2 is 1.86 bits per heavy atom. The molecule has 14 heavy (non-hydrogen) atoms. The maximum absolute atomic E-state index is 12.0. The molecule has 1 aliphatic carbocycles. The van der Waals surface area contributed by atoms with Crippen molar-refractivity contribution in [3.05, 3.63) is 0 Å². The Morgan fingerprint density at radius 3 is 2.36 bits per heavy atom. The van der Waals surface area contributed by atoms with E-state index < -0.39 is 0 Å². The summed E-state index contributed by atoms with van der Waals surface area (Å²) in [7, 11) is 0. The fraction of sp³-hybridized carbons (Fsp3) is 0.917. The van der Waals surface area contributed by atoms with Crippen molar-refractivity contribution in [1.82, 2.24) is 4.90 Å². The van der Waals surface area contributed by atoms with Crippen LogP contribution in [0.3, 0.4) is 0 Å². The second-order valence-corrected chi connectivity index (χ2v) is 4.25. The van der Waals surface area contributed by atoms with Gasteiger partial charge in [0.2, 0.25) is 5.91 Å². The zero-order valence-corrected chi connectivity index (χ0v) is 9.59. The van der Waals surface area contributed by atoms with Gasteiger partial charge in [-0.3, -0.25) is 4.79 Å². The van der Waals surface area contributed by atoms with E-state index in [1.807, 2.05) is 4.90 Å². The van der Waals surface area contributed by atoms with Gasteiger partial charge in [-0.2, -0.15) is 0 Å². The Kier molecular flexibility index (Phi) is 4.99. The molecule has 0 spiro atoms. The third-order valence-electron chi connectivity index (χ3n) is 3.14. The molecule has 2 heteroatoms. The largest absolute Gasteiger partial charge is 0.343 e. The number of nitrogens with zero attached hydrogens (tertiary/aromatic N) is 1. The standard InChI is InChI=1S/C12H23NO/c1-3-10-13(4-2)12(14)11-8-6-5-7-9-11/h11H,3-10H2,1-2H3. The Labute approximate surface area is 87.7 Å². The fourth-order valence-electron chi connectivity index (χ4n) is 2.30. The maximum Gasteiger partial charge on any atom is 0.225 e. The van der Waals surface area contributed by atoms with Crippen molar-refractivity contribution < 1.29 is 4.79 Å². The lowest BCUT2D eigenvalue weighted by molar-refractivity contribution is -0.136. The van der Waals surface area contributed by atoms with Gasteiger partial charge in [0.1, 0.15) is 0 Å². The molecule has 82 valence electrons. The molecule has 0 atom stereocenters. The van der Waals surface area contributed by atoms with Crippen LogP contribution in [0.1, 0.15) is 52.4 Å². The Hall–Kier alpha value is -0.530. The summed E-state index contributed by atoms with van der Waals surface area (Å²) < 4.78 is 0. The molecule has 0 aromatic carbocycles. The summed E-state index contributed by atoms with van der Waals surface area (Å²) in [5, 5.41) is 0. The number of carbonyl (C=O) groups excluding carboxylic acids is 1. The van der Waals surface area contributed by atoms with E-state index >= 15 is 0 Å². The van der Waals surface area contributed by atoms with Gasteiger partial charge >= 0.3 is 0 Å². The van der Waals surface area contributed by atoms with Crippen LogP contribution in [0.25, 0.3) is 0 Å². The predicted octanol–water partition coefficient (Wildman–Crippen LogP) is 2.83. The summed E-state index contributed by atoms with van der Waals surface area (Å²) in [6.45, 7) is 6.03. The predicted molar refractivity (Wildman–Crippen MR) is 59.1 cm³/mol. The molecule has 1 aliphatic rings. The van der Waals surface area contributed by atoms with E-state index in [1.54, 1.807) is 0 Å². The van der Waals surface area contributed by atoms with E-state index in [1.165, 1.54) is 19.3 Å². The molecular weight excluding hydrogens is 174 g/mol. The summed E-state index contributed by atoms with van der Waals surface area (Å²) in [6.07, 6.45) is 7.15. The van der Waals surface area contributed by atoms with Crippen LogP contribution in [-0.4, -0.2) is 23.9 Å². The Balaban J connectivity index is 2.43. The molecule has 0 aliphatic heterocycles. The van der Waals surface area contributed by atoms with E-state index in [2.05, 4.69) is 13.8 Å². The van der Waals surface area contributed by atoms with Crippen LogP contribution in [0.2, 0.25) is 0 Å². The van der Waals surface area contributed by atoms with Gasteiger partial charge in [0.15, 0.2) is 0 Å². The first kappa shape index (κ1) is 11.5. The number of rotatable bonds is 4. The van der Waals surface area contributed by atoms with Crippen molar-refractivity contribution >= 4 is 5.91 Å². The van der Waals surface area contributed by atoms with E-state index in [-0.39, 0.29) is 0 Å². The molecule has 0 radical (unpaired) electrons. The first-order valence-electron chi connectivity index (χ1n) is 6.08. The second kappa shape index (κ2) is 6.05. The highest BCUT2D eigenvalue weighted by Gasteiger charge is 2.24. The van der Waals surface area contributed by atoms with Crippen molar-refractivity contribution in [2.75, 3.05) is 13.1 Å². The fourth-order valence-corrected chi connectivity index (χ4v) is 2.30. The third kappa shape index (κ3) is 3.00. The summed E-state index contributed by atoms with van der Waals surface area (Å²) in [6, 6.07) is 0. The molecule has 1 rings (SSSR count). The van der Waals surface area contributed by atoms with Gasteiger partial charge in [0.25, 0.3) is 0 Å². The summed E-state index contributed by atoms with van der Waals surface area (Å²) in [4.78, 5) is 14.1. The number of hydrogen-bond donors (Lipinski definition) is 0. The van der Waals surface area contributed by atoms with Crippen molar-refractivity contribution in [3.8, 4) is 0 Å². The molecule has 0 heterocycles. The monoisotopic (exact) mass is 197 g/mol. The minimum absolute atomic E-state index is 0.343. The number of hydrogen-bond acceptors (Lipinski definition) is 1. The van der Waals surface area contributed by atoms with Crippen LogP contribution in [0, 0.1) is 5.92 Å². The third-order valence-corrected chi connectivity index (χ3v) is 3.14. The van der Waals surface area contributed by atoms with Gasteiger partial charge in [0.05, 0.1) is 0 Å². The maximum atomic E-state index is 12.0. The van der Waals surface area contributed by atoms with Gasteiger partial charge in [-0.15, -0.1) is 0 Å². The van der Waals surface area contributed by atoms with Crippen molar-refractivity contribution in [1.29, 1.82) is 0 Å². The molecule has 0 unspecified atom stereocenters. The minimum atomic E-state index is 0.343. The van der Waals surface area contributed by atoms with Crippen LogP contribution in [-0.2, 0) is 4.79 Å². The highest BCUT2D eigenvalue weighted by Crippen LogP contribution is 2.25. The lowest BCUT2D eigenvalue weighted by Crippen LogP contribution is -2.37. The average Bonchev–Trinajstić information content (AvgIpc) is 2.26. The first-order chi connectivity index (χ1) is 6.79. The molecule has 2 nitrogen and oxygen atoms in total. The van der Waals surface area contributed by atoms with Crippen molar-refractivity contribution in [3.63, 3.8) is 0 Å². The summed E-state index contributed by atoms with van der Waals surface area (Å²) in [5.41, 5.74) is 0. The Bertz CT molecular complexity index is 166. The molecule has 0 saturated heterocycles. The van der Waals surface area contributed by atoms with Gasteiger partial charge < -0.3 is 4.90 Å². The van der Waals surface area contributed by atoms with Gasteiger partial charge in [-0.1, -0.05) is 26.2 Å². The molecule has 1 saturated carbocycles. The van der Waals surface area contributed by atoms with Crippen LogP contribution in [0.15, 0.2) is 0 Å². The number of amides is 1. The highest BCUT2D eigenvalue weighted by molar-refractivity contribution is 5.78. The molecular formula is C12H23NO. The van der Waals surface area contributed by atoms with E-state index in [4.69, 9.17) is 0 Å². The van der Waals surface area contributed by atoms with Crippen molar-refractivity contribution in [2.24, 2.45) is 5.92 Å². The minimum Gasteiger partial charge on any atom is -0.343 e. The Morgan fingerprint density at radius 1 is 1.21 bits per heavy atom. The SMILES string of the molecule is CCCN(CC)C(=O)C1CCCCC1. The second-order valence-electron chi connectivity index (χ2n) is 4.25. The highest BCUT2D eigenvalue weighted by atomic mass is 16.2. The van der Waals surface area contributed by atoms with E-state index in [0.717, 1.165) is 32.4 Å². The molecule has 1 fully saturated rings. The normalized spacial score (nSPS) is 18.1.